The molecule has 1 heterocycles. The molecule has 0 aliphatic heterocycles. The first-order chi connectivity index (χ1) is 13.6. The number of aromatic amines is 1. The lowest BCUT2D eigenvalue weighted by Crippen LogP contribution is -2.17. The topological polar surface area (TPSA) is 120 Å². The number of H-pyrrole nitrogens is 1. The summed E-state index contributed by atoms with van der Waals surface area (Å²) in [5, 5.41) is 29.7. The van der Waals surface area contributed by atoms with E-state index in [0.29, 0.717) is 6.42 Å². The number of nitrogens with zero attached hydrogens (tertiary/aromatic N) is 2. The quantitative estimate of drug-likeness (QED) is 0.285. The van der Waals surface area contributed by atoms with Crippen molar-refractivity contribution in [2.45, 2.75) is 12.8 Å². The van der Waals surface area contributed by atoms with E-state index in [-0.39, 0.29) is 23.8 Å². The summed E-state index contributed by atoms with van der Waals surface area (Å²) in [6.07, 6.45) is 3.75. The Labute approximate surface area is 161 Å². The number of aryl methyl sites for hydroxylation is 1. The third kappa shape index (κ3) is 4.67. The van der Waals surface area contributed by atoms with E-state index in [4.69, 9.17) is 4.74 Å². The summed E-state index contributed by atoms with van der Waals surface area (Å²) in [6.45, 7) is 0. The minimum absolute atomic E-state index is 0.189. The van der Waals surface area contributed by atoms with E-state index in [9.17, 15) is 15.0 Å². The fourth-order valence-corrected chi connectivity index (χ4v) is 2.59. The second-order valence-corrected chi connectivity index (χ2v) is 6.05. The molecule has 3 aromatic rings. The predicted molar refractivity (Wildman–Crippen MR) is 104 cm³/mol. The van der Waals surface area contributed by atoms with E-state index in [1.165, 1.54) is 18.3 Å². The van der Waals surface area contributed by atoms with Gasteiger partial charge in [-0.25, -0.2) is 5.43 Å². The van der Waals surface area contributed by atoms with Gasteiger partial charge in [-0.05, 0) is 48.4 Å². The van der Waals surface area contributed by atoms with Gasteiger partial charge in [0.2, 0.25) is 5.91 Å². The number of carbonyl (C=O) groups is 1. The third-order valence-corrected chi connectivity index (χ3v) is 4.12. The van der Waals surface area contributed by atoms with E-state index >= 15 is 0 Å². The number of phenolic OH excluding ortho intramolecular Hbond substituents is 2. The molecule has 4 N–H and O–H groups in total. The molecule has 8 heteroatoms. The molecule has 0 radical (unpaired) electrons. The first-order valence-electron chi connectivity index (χ1n) is 8.57. The highest BCUT2D eigenvalue weighted by Gasteiger charge is 2.07. The van der Waals surface area contributed by atoms with Crippen LogP contribution in [0.4, 0.5) is 0 Å². The smallest absolute Gasteiger partial charge is 0.240 e. The van der Waals surface area contributed by atoms with Crippen LogP contribution in [0.3, 0.4) is 0 Å². The molecule has 0 unspecified atom stereocenters. The summed E-state index contributed by atoms with van der Waals surface area (Å²) in [7, 11) is 1.61. The molecule has 0 atom stereocenters. The fraction of sp³-hybridized carbons (Fsp3) is 0.150. The Balaban J connectivity index is 1.56. The Morgan fingerprint density at radius 3 is 2.71 bits per heavy atom. The first-order valence-corrected chi connectivity index (χ1v) is 8.57. The SMILES string of the molecule is COc1ccc(-c2[nH]ncc2/C=N/NC(=O)CCc2ccc(O)c(O)c2)cc1. The second kappa shape index (κ2) is 8.72. The molecule has 28 heavy (non-hydrogen) atoms. The number of hydrazone groups is 1. The van der Waals surface area contributed by atoms with Crippen molar-refractivity contribution in [1.82, 2.24) is 15.6 Å². The van der Waals surface area contributed by atoms with E-state index in [0.717, 1.165) is 28.1 Å². The van der Waals surface area contributed by atoms with Gasteiger partial charge >= 0.3 is 0 Å². The van der Waals surface area contributed by atoms with Crippen molar-refractivity contribution in [1.29, 1.82) is 0 Å². The summed E-state index contributed by atoms with van der Waals surface area (Å²) in [5.74, 6) is 0.0959. The number of aromatic hydroxyl groups is 2. The number of amides is 1. The average molecular weight is 380 g/mol. The maximum absolute atomic E-state index is 11.9. The average Bonchev–Trinajstić information content (AvgIpc) is 3.17. The Kier molecular flexibility index (Phi) is 5.91. The summed E-state index contributed by atoms with van der Waals surface area (Å²) in [4.78, 5) is 11.9. The predicted octanol–water partition coefficient (Wildman–Crippen LogP) is 2.58. The van der Waals surface area contributed by atoms with E-state index in [1.54, 1.807) is 19.4 Å². The summed E-state index contributed by atoms with van der Waals surface area (Å²) in [5.41, 5.74) is 5.64. The van der Waals surface area contributed by atoms with Gasteiger partial charge in [-0.15, -0.1) is 0 Å². The number of hydrogen-bond donors (Lipinski definition) is 4. The number of carbonyl (C=O) groups excluding carboxylic acids is 1. The van der Waals surface area contributed by atoms with Crippen LogP contribution in [0.1, 0.15) is 17.5 Å². The number of ether oxygens (including phenoxy) is 1. The zero-order valence-electron chi connectivity index (χ0n) is 15.2. The van der Waals surface area contributed by atoms with Crippen LogP contribution in [0.5, 0.6) is 17.2 Å². The highest BCUT2D eigenvalue weighted by atomic mass is 16.5. The molecule has 144 valence electrons. The van der Waals surface area contributed by atoms with Gasteiger partial charge in [-0.3, -0.25) is 9.89 Å². The van der Waals surface area contributed by atoms with Crippen LogP contribution in [0.25, 0.3) is 11.3 Å². The molecular formula is C20H20N4O4. The van der Waals surface area contributed by atoms with Gasteiger partial charge in [0.25, 0.3) is 0 Å². The van der Waals surface area contributed by atoms with E-state index < -0.39 is 0 Å². The molecule has 3 rings (SSSR count). The van der Waals surface area contributed by atoms with Crippen molar-refractivity contribution >= 4 is 12.1 Å². The standard InChI is InChI=1S/C20H20N4O4/c1-28-16-6-4-14(5-7-16)20-15(12-22-24-20)11-21-23-19(27)9-3-13-2-8-17(25)18(26)10-13/h2,4-8,10-12,25-26H,3,9H2,1H3,(H,22,24)(H,23,27)/b21-11+. The minimum Gasteiger partial charge on any atom is -0.504 e. The third-order valence-electron chi connectivity index (χ3n) is 4.12. The molecule has 1 amide bonds. The van der Waals surface area contributed by atoms with Gasteiger partial charge < -0.3 is 14.9 Å². The Bertz CT molecular complexity index is 980. The van der Waals surface area contributed by atoms with Gasteiger partial charge in [-0.2, -0.15) is 10.2 Å². The van der Waals surface area contributed by atoms with Crippen LogP contribution in [0.2, 0.25) is 0 Å². The van der Waals surface area contributed by atoms with Crippen molar-refractivity contribution in [3.05, 3.63) is 59.8 Å². The molecule has 0 aliphatic rings. The van der Waals surface area contributed by atoms with Gasteiger partial charge in [0, 0.05) is 17.5 Å². The van der Waals surface area contributed by atoms with Crippen LogP contribution >= 0.6 is 0 Å². The van der Waals surface area contributed by atoms with Crippen molar-refractivity contribution in [3.63, 3.8) is 0 Å². The normalized spacial score (nSPS) is 10.9. The highest BCUT2D eigenvalue weighted by Crippen LogP contribution is 2.25. The van der Waals surface area contributed by atoms with Gasteiger partial charge in [0.15, 0.2) is 11.5 Å². The van der Waals surface area contributed by atoms with Crippen LogP contribution in [-0.2, 0) is 11.2 Å². The Hall–Kier alpha value is -3.81. The summed E-state index contributed by atoms with van der Waals surface area (Å²) in [6, 6.07) is 12.0. The molecule has 0 aliphatic carbocycles. The molecule has 2 aromatic carbocycles. The van der Waals surface area contributed by atoms with Crippen LogP contribution in [-0.4, -0.2) is 39.6 Å². The second-order valence-electron chi connectivity index (χ2n) is 6.05. The van der Waals surface area contributed by atoms with Crippen molar-refractivity contribution < 1.29 is 19.7 Å². The number of benzene rings is 2. The van der Waals surface area contributed by atoms with Gasteiger partial charge in [-0.1, -0.05) is 6.07 Å². The van der Waals surface area contributed by atoms with E-state index in [1.807, 2.05) is 24.3 Å². The lowest BCUT2D eigenvalue weighted by Gasteiger charge is -2.04. The Morgan fingerprint density at radius 1 is 1.21 bits per heavy atom. The molecule has 1 aromatic heterocycles. The maximum Gasteiger partial charge on any atom is 0.240 e. The lowest BCUT2D eigenvalue weighted by molar-refractivity contribution is -0.121. The first kappa shape index (κ1) is 19.0. The monoisotopic (exact) mass is 380 g/mol. The lowest BCUT2D eigenvalue weighted by atomic mass is 10.1. The number of aromatic nitrogens is 2. The zero-order valence-corrected chi connectivity index (χ0v) is 15.2. The molecule has 0 fully saturated rings. The largest absolute Gasteiger partial charge is 0.504 e. The van der Waals surface area contributed by atoms with Crippen LogP contribution < -0.4 is 10.2 Å². The maximum atomic E-state index is 11.9. The van der Waals surface area contributed by atoms with Crippen molar-refractivity contribution in [2.75, 3.05) is 7.11 Å². The molecular weight excluding hydrogens is 360 g/mol. The van der Waals surface area contributed by atoms with Gasteiger partial charge in [0.1, 0.15) is 5.75 Å². The zero-order chi connectivity index (χ0) is 19.9. The van der Waals surface area contributed by atoms with Crippen molar-refractivity contribution in [3.8, 4) is 28.5 Å². The van der Waals surface area contributed by atoms with Crippen molar-refractivity contribution in [2.24, 2.45) is 5.10 Å². The van der Waals surface area contributed by atoms with Crippen LogP contribution in [0.15, 0.2) is 53.8 Å². The summed E-state index contributed by atoms with van der Waals surface area (Å²) >= 11 is 0. The molecule has 0 spiro atoms. The Morgan fingerprint density at radius 2 is 2.00 bits per heavy atom. The molecule has 0 bridgehead atoms. The molecule has 8 nitrogen and oxygen atoms in total. The highest BCUT2D eigenvalue weighted by molar-refractivity contribution is 5.89. The van der Waals surface area contributed by atoms with Crippen LogP contribution in [0, 0.1) is 0 Å². The van der Waals surface area contributed by atoms with Gasteiger partial charge in [0.05, 0.1) is 25.2 Å². The van der Waals surface area contributed by atoms with E-state index in [2.05, 4.69) is 20.7 Å². The number of phenols is 2. The minimum atomic E-state index is -0.265. The summed E-state index contributed by atoms with van der Waals surface area (Å²) < 4.78 is 5.15. The molecule has 0 saturated heterocycles. The number of hydrogen-bond acceptors (Lipinski definition) is 6. The molecule has 0 saturated carbocycles. The fourth-order valence-electron chi connectivity index (χ4n) is 2.59. The number of nitrogens with one attached hydrogen (secondary N) is 2. The number of rotatable bonds is 7. The number of methoxy groups -OCH3 is 1.